The number of rotatable bonds is 10. The summed E-state index contributed by atoms with van der Waals surface area (Å²) < 4.78 is 9.55. The molecule has 1 heterocycles. The number of carbonyl (C=O) groups excluding carboxylic acids is 2. The molecule has 1 aliphatic rings. The molecule has 1 atom stereocenters. The smallest absolute Gasteiger partial charge is 0.257 e. The summed E-state index contributed by atoms with van der Waals surface area (Å²) in [6, 6.07) is 4.98. The molecule has 0 saturated heterocycles. The van der Waals surface area contributed by atoms with Crippen LogP contribution in [0.25, 0.3) is 0 Å². The lowest BCUT2D eigenvalue weighted by atomic mass is 9.93. The van der Waals surface area contributed by atoms with Crippen LogP contribution in [0, 0.1) is 0 Å². The number of aliphatic hydroxyl groups excluding tert-OH is 1. The summed E-state index contributed by atoms with van der Waals surface area (Å²) >= 11 is 7.23. The number of nitrogens with one attached hydrogen (secondary N) is 1. The van der Waals surface area contributed by atoms with Crippen LogP contribution in [0.2, 0.25) is 5.02 Å². The topological polar surface area (TPSA) is 111 Å². The first-order chi connectivity index (χ1) is 12.9. The number of aliphatic hydroxyl groups is 1. The average Bonchev–Trinajstić information content (AvgIpc) is 3.10. The van der Waals surface area contributed by atoms with Crippen molar-refractivity contribution in [3.63, 3.8) is 0 Å². The van der Waals surface area contributed by atoms with Gasteiger partial charge in [0.05, 0.1) is 11.5 Å². The quantitative estimate of drug-likeness (QED) is 0.501. The Morgan fingerprint density at radius 3 is 2.85 bits per heavy atom. The number of benzene rings is 1. The van der Waals surface area contributed by atoms with Gasteiger partial charge in [-0.2, -0.15) is 0 Å². The Labute approximate surface area is 167 Å². The van der Waals surface area contributed by atoms with Crippen LogP contribution in [0.5, 0.6) is 5.75 Å². The molecule has 0 aromatic heterocycles. The Bertz CT molecular complexity index is 728. The molecule has 2 rings (SSSR count). The van der Waals surface area contributed by atoms with Crippen molar-refractivity contribution in [2.75, 3.05) is 33.5 Å². The molecule has 1 aromatic rings. The summed E-state index contributed by atoms with van der Waals surface area (Å²) in [5.41, 5.74) is 6.27. The number of primary amides is 1. The second kappa shape index (κ2) is 9.98. The fraction of sp³-hybridized carbons (Fsp3) is 0.444. The summed E-state index contributed by atoms with van der Waals surface area (Å²) in [4.78, 5) is 25.1. The fourth-order valence-corrected chi connectivity index (χ4v) is 4.06. The van der Waals surface area contributed by atoms with Gasteiger partial charge in [0.15, 0.2) is 0 Å². The number of carbonyl (C=O) groups is 2. The minimum absolute atomic E-state index is 0.0115. The molecule has 0 bridgehead atoms. The van der Waals surface area contributed by atoms with E-state index >= 15 is 0 Å². The number of nitrogens with two attached hydrogens (primary N) is 1. The van der Waals surface area contributed by atoms with E-state index in [4.69, 9.17) is 31.9 Å². The summed E-state index contributed by atoms with van der Waals surface area (Å²) in [7, 11) is 1.56. The highest BCUT2D eigenvalue weighted by Gasteiger charge is 2.46. The van der Waals surface area contributed by atoms with Crippen molar-refractivity contribution in [1.29, 1.82) is 0 Å². The third-order valence-corrected chi connectivity index (χ3v) is 5.77. The van der Waals surface area contributed by atoms with Crippen LogP contribution in [-0.4, -0.2) is 50.4 Å². The molecule has 4 N–H and O–H groups in total. The van der Waals surface area contributed by atoms with Crippen molar-refractivity contribution in [2.24, 2.45) is 5.73 Å². The highest BCUT2D eigenvalue weighted by Crippen LogP contribution is 2.52. The van der Waals surface area contributed by atoms with E-state index in [0.717, 1.165) is 11.8 Å². The van der Waals surface area contributed by atoms with Crippen LogP contribution >= 0.6 is 23.4 Å². The van der Waals surface area contributed by atoms with Gasteiger partial charge in [-0.1, -0.05) is 29.4 Å². The second-order valence-electron chi connectivity index (χ2n) is 5.88. The lowest BCUT2D eigenvalue weighted by Crippen LogP contribution is -2.37. The van der Waals surface area contributed by atoms with E-state index in [1.807, 2.05) is 0 Å². The number of allylic oxidation sites excluding steroid dienone is 1. The number of amides is 2. The summed E-state index contributed by atoms with van der Waals surface area (Å²) in [5.74, 6) is -0.417. The predicted molar refractivity (Wildman–Crippen MR) is 105 cm³/mol. The van der Waals surface area contributed by atoms with Gasteiger partial charge in [-0.25, -0.2) is 0 Å². The lowest BCUT2D eigenvalue weighted by Gasteiger charge is -2.28. The van der Waals surface area contributed by atoms with Crippen LogP contribution in [0.1, 0.15) is 18.4 Å². The summed E-state index contributed by atoms with van der Waals surface area (Å²) in [6.07, 6.45) is 2.39. The predicted octanol–water partition coefficient (Wildman–Crippen LogP) is 1.57. The molecule has 7 nitrogen and oxygen atoms in total. The van der Waals surface area contributed by atoms with Crippen LogP contribution in [0.3, 0.4) is 0 Å². The van der Waals surface area contributed by atoms with Gasteiger partial charge in [-0.3, -0.25) is 9.59 Å². The lowest BCUT2D eigenvalue weighted by molar-refractivity contribution is -0.120. The van der Waals surface area contributed by atoms with E-state index < -0.39 is 10.7 Å². The maximum atomic E-state index is 12.4. The molecule has 0 radical (unpaired) electrons. The van der Waals surface area contributed by atoms with Gasteiger partial charge in [0.1, 0.15) is 17.1 Å². The van der Waals surface area contributed by atoms with E-state index in [0.29, 0.717) is 47.4 Å². The molecule has 0 fully saturated rings. The molecule has 1 unspecified atom stereocenters. The fourth-order valence-electron chi connectivity index (χ4n) is 2.64. The third kappa shape index (κ3) is 5.16. The highest BCUT2D eigenvalue weighted by atomic mass is 35.5. The zero-order valence-corrected chi connectivity index (χ0v) is 16.6. The Balaban J connectivity index is 2.27. The highest BCUT2D eigenvalue weighted by molar-refractivity contribution is 8.05. The molecule has 1 aliphatic heterocycles. The van der Waals surface area contributed by atoms with E-state index in [1.54, 1.807) is 31.4 Å². The first-order valence-corrected chi connectivity index (χ1v) is 9.64. The Hall–Kier alpha value is -1.74. The number of thioether (sulfide) groups is 1. The number of hydrogen-bond acceptors (Lipinski definition) is 6. The van der Waals surface area contributed by atoms with Gasteiger partial charge in [0, 0.05) is 30.8 Å². The molecular formula is C18H23ClN2O5S. The number of halogens is 1. The van der Waals surface area contributed by atoms with E-state index in [-0.39, 0.29) is 18.9 Å². The largest absolute Gasteiger partial charge is 0.491 e. The standard InChI is InChI=1S/C18H23ClN2O5S/c1-25-9-10-26-14-4-3-12(19)11-13(14)18(17(20)24)6-5-15(27-18)16(23)21-7-2-8-22/h3-5,11,22H,2,6-10H2,1H3,(H2,20,24)(H,21,23). The van der Waals surface area contributed by atoms with Crippen LogP contribution in [0.4, 0.5) is 0 Å². The molecule has 27 heavy (non-hydrogen) atoms. The maximum absolute atomic E-state index is 12.4. The van der Waals surface area contributed by atoms with Crippen molar-refractivity contribution in [3.8, 4) is 5.75 Å². The van der Waals surface area contributed by atoms with Crippen LogP contribution in [-0.2, 0) is 19.1 Å². The van der Waals surface area contributed by atoms with Crippen molar-refractivity contribution < 1.29 is 24.2 Å². The summed E-state index contributed by atoms with van der Waals surface area (Å²) in [5, 5.41) is 12.0. The number of methoxy groups -OCH3 is 1. The molecule has 148 valence electrons. The first-order valence-electron chi connectivity index (χ1n) is 8.44. The van der Waals surface area contributed by atoms with Crippen molar-refractivity contribution in [3.05, 3.63) is 39.8 Å². The third-order valence-electron chi connectivity index (χ3n) is 4.02. The van der Waals surface area contributed by atoms with Gasteiger partial charge < -0.3 is 25.6 Å². The van der Waals surface area contributed by atoms with E-state index in [9.17, 15) is 9.59 Å². The van der Waals surface area contributed by atoms with Crippen LogP contribution < -0.4 is 15.8 Å². The summed E-state index contributed by atoms with van der Waals surface area (Å²) in [6.45, 7) is 1.02. The second-order valence-corrected chi connectivity index (χ2v) is 7.66. The minimum Gasteiger partial charge on any atom is -0.491 e. The van der Waals surface area contributed by atoms with E-state index in [1.165, 1.54) is 0 Å². The van der Waals surface area contributed by atoms with Crippen molar-refractivity contribution >= 4 is 35.2 Å². The van der Waals surface area contributed by atoms with E-state index in [2.05, 4.69) is 5.32 Å². The van der Waals surface area contributed by atoms with Crippen molar-refractivity contribution in [1.82, 2.24) is 5.32 Å². The monoisotopic (exact) mass is 414 g/mol. The molecule has 2 amide bonds. The van der Waals surface area contributed by atoms with Crippen molar-refractivity contribution in [2.45, 2.75) is 17.6 Å². The number of ether oxygens (including phenoxy) is 2. The normalized spacial score (nSPS) is 18.9. The zero-order chi connectivity index (χ0) is 19.9. The Morgan fingerprint density at radius 2 is 2.19 bits per heavy atom. The Morgan fingerprint density at radius 1 is 1.41 bits per heavy atom. The SMILES string of the molecule is COCCOc1ccc(Cl)cc1C1(C(N)=O)CC=C(C(=O)NCCCO)S1. The average molecular weight is 415 g/mol. The Kier molecular flexibility index (Phi) is 7.97. The number of hydrogen-bond donors (Lipinski definition) is 3. The zero-order valence-electron chi connectivity index (χ0n) is 15.0. The molecule has 9 heteroatoms. The first kappa shape index (κ1) is 21.6. The molecular weight excluding hydrogens is 392 g/mol. The molecule has 0 aliphatic carbocycles. The molecule has 1 aromatic carbocycles. The van der Waals surface area contributed by atoms with Gasteiger partial charge in [-0.05, 0) is 31.0 Å². The van der Waals surface area contributed by atoms with Gasteiger partial charge >= 0.3 is 0 Å². The minimum atomic E-state index is -1.18. The van der Waals surface area contributed by atoms with Gasteiger partial charge in [0.25, 0.3) is 5.91 Å². The van der Waals surface area contributed by atoms with Gasteiger partial charge in [0.2, 0.25) is 5.91 Å². The maximum Gasteiger partial charge on any atom is 0.257 e. The molecule has 0 spiro atoms. The van der Waals surface area contributed by atoms with Gasteiger partial charge in [-0.15, -0.1) is 0 Å². The van der Waals surface area contributed by atoms with Crippen LogP contribution in [0.15, 0.2) is 29.2 Å². The molecule has 0 saturated carbocycles.